The van der Waals surface area contributed by atoms with Crippen LogP contribution >= 0.6 is 15.9 Å². The van der Waals surface area contributed by atoms with E-state index in [2.05, 4.69) is 27.8 Å². The molecule has 2 N–H and O–H groups in total. The summed E-state index contributed by atoms with van der Waals surface area (Å²) in [6.07, 6.45) is 1.84. The molecule has 0 atom stereocenters. The lowest BCUT2D eigenvalue weighted by Gasteiger charge is -2.03. The summed E-state index contributed by atoms with van der Waals surface area (Å²) in [5, 5.41) is 17.9. The van der Waals surface area contributed by atoms with Gasteiger partial charge in [0.05, 0.1) is 0 Å². The van der Waals surface area contributed by atoms with Gasteiger partial charge in [0.1, 0.15) is 4.60 Å². The van der Waals surface area contributed by atoms with Gasteiger partial charge >= 0.3 is 7.12 Å². The Balaban J connectivity index is 2.96. The zero-order valence-corrected chi connectivity index (χ0v) is 8.95. The first-order valence-electron chi connectivity index (χ1n) is 4.16. The Hall–Kier alpha value is -0.385. The van der Waals surface area contributed by atoms with Gasteiger partial charge in [-0.15, -0.1) is 0 Å². The van der Waals surface area contributed by atoms with Gasteiger partial charge in [-0.05, 0) is 39.9 Å². The van der Waals surface area contributed by atoms with E-state index < -0.39 is 7.12 Å². The Bertz CT molecular complexity index is 293. The number of hydrogen-bond acceptors (Lipinski definition) is 3. The van der Waals surface area contributed by atoms with Crippen molar-refractivity contribution in [3.05, 3.63) is 22.4 Å². The Kier molecular flexibility index (Phi) is 3.90. The Morgan fingerprint density at radius 1 is 1.46 bits per heavy atom. The molecule has 0 aromatic carbocycles. The molecule has 0 radical (unpaired) electrons. The Morgan fingerprint density at radius 2 is 2.15 bits per heavy atom. The minimum Gasteiger partial charge on any atom is -0.423 e. The largest absolute Gasteiger partial charge is 0.488 e. The van der Waals surface area contributed by atoms with Gasteiger partial charge in [0.2, 0.25) is 0 Å². The van der Waals surface area contributed by atoms with Crippen molar-refractivity contribution in [3.63, 3.8) is 0 Å². The molecule has 5 heteroatoms. The third kappa shape index (κ3) is 3.10. The van der Waals surface area contributed by atoms with E-state index >= 15 is 0 Å². The van der Waals surface area contributed by atoms with Crippen LogP contribution in [-0.2, 0) is 6.42 Å². The van der Waals surface area contributed by atoms with Crippen molar-refractivity contribution >= 4 is 28.5 Å². The number of hydrogen-bond donors (Lipinski definition) is 2. The number of aryl methyl sites for hydroxylation is 1. The lowest BCUT2D eigenvalue weighted by Crippen LogP contribution is -2.30. The fourth-order valence-corrected chi connectivity index (χ4v) is 1.60. The van der Waals surface area contributed by atoms with Gasteiger partial charge in [-0.3, -0.25) is 0 Å². The zero-order valence-electron chi connectivity index (χ0n) is 7.37. The highest BCUT2D eigenvalue weighted by Crippen LogP contribution is 2.06. The molecule has 1 aromatic rings. The highest BCUT2D eigenvalue weighted by Gasteiger charge is 2.12. The first-order chi connectivity index (χ1) is 6.13. The van der Waals surface area contributed by atoms with E-state index in [1.54, 1.807) is 12.1 Å². The second-order valence-electron chi connectivity index (χ2n) is 2.84. The summed E-state index contributed by atoms with van der Waals surface area (Å²) in [5.74, 6) is 0. The molecule has 1 rings (SSSR count). The summed E-state index contributed by atoms with van der Waals surface area (Å²) in [7, 11) is -1.42. The predicted octanol–water partition coefficient (Wildman–Crippen LogP) is 0.476. The fraction of sp³-hybridized carbons (Fsp3) is 0.375. The van der Waals surface area contributed by atoms with E-state index in [0.717, 1.165) is 18.5 Å². The number of nitrogens with zero attached hydrogens (tertiary/aromatic N) is 1. The Morgan fingerprint density at radius 3 is 2.69 bits per heavy atom. The molecule has 0 aliphatic carbocycles. The maximum absolute atomic E-state index is 8.95. The van der Waals surface area contributed by atoms with Gasteiger partial charge in [-0.25, -0.2) is 4.98 Å². The van der Waals surface area contributed by atoms with Gasteiger partial charge in [0.15, 0.2) is 0 Å². The standard InChI is InChI=1S/C8H11BBrNO2/c1-2-3-7-4-6(9(12)13)5-8(10)11-7/h4-5,12-13H,2-3H2,1H3. The average molecular weight is 244 g/mol. The molecule has 0 aliphatic rings. The maximum atomic E-state index is 8.95. The van der Waals surface area contributed by atoms with Crippen LogP contribution in [-0.4, -0.2) is 22.2 Å². The third-order valence-electron chi connectivity index (χ3n) is 1.67. The molecule has 0 aliphatic heterocycles. The quantitative estimate of drug-likeness (QED) is 0.600. The highest BCUT2D eigenvalue weighted by atomic mass is 79.9. The first kappa shape index (κ1) is 10.7. The average Bonchev–Trinajstić information content (AvgIpc) is 2.03. The molecule has 70 valence electrons. The van der Waals surface area contributed by atoms with Crippen molar-refractivity contribution < 1.29 is 10.0 Å². The van der Waals surface area contributed by atoms with Crippen LogP contribution in [0.3, 0.4) is 0 Å². The highest BCUT2D eigenvalue weighted by molar-refractivity contribution is 9.10. The second-order valence-corrected chi connectivity index (χ2v) is 3.65. The van der Waals surface area contributed by atoms with E-state index in [1.165, 1.54) is 0 Å². The summed E-state index contributed by atoms with van der Waals surface area (Å²) >= 11 is 3.22. The zero-order chi connectivity index (χ0) is 9.84. The molecule has 0 fully saturated rings. The monoisotopic (exact) mass is 243 g/mol. The van der Waals surface area contributed by atoms with Crippen molar-refractivity contribution in [1.82, 2.24) is 4.98 Å². The lowest BCUT2D eigenvalue weighted by atomic mass is 9.80. The van der Waals surface area contributed by atoms with E-state index in [9.17, 15) is 0 Å². The van der Waals surface area contributed by atoms with Crippen LogP contribution in [0.15, 0.2) is 16.7 Å². The summed E-state index contributed by atoms with van der Waals surface area (Å²) < 4.78 is 0.640. The van der Waals surface area contributed by atoms with Crippen molar-refractivity contribution in [2.75, 3.05) is 0 Å². The van der Waals surface area contributed by atoms with Gasteiger partial charge in [-0.1, -0.05) is 13.3 Å². The summed E-state index contributed by atoms with van der Waals surface area (Å²) in [4.78, 5) is 4.20. The predicted molar refractivity (Wildman–Crippen MR) is 55.8 cm³/mol. The van der Waals surface area contributed by atoms with Gasteiger partial charge in [0, 0.05) is 5.69 Å². The third-order valence-corrected chi connectivity index (χ3v) is 2.08. The molecule has 0 bridgehead atoms. The molecule has 3 nitrogen and oxygen atoms in total. The van der Waals surface area contributed by atoms with E-state index in [0.29, 0.717) is 10.1 Å². The molecule has 0 saturated carbocycles. The van der Waals surface area contributed by atoms with Crippen LogP contribution in [0.25, 0.3) is 0 Å². The van der Waals surface area contributed by atoms with Crippen molar-refractivity contribution in [3.8, 4) is 0 Å². The van der Waals surface area contributed by atoms with E-state index in [-0.39, 0.29) is 0 Å². The van der Waals surface area contributed by atoms with Gasteiger partial charge in [-0.2, -0.15) is 0 Å². The topological polar surface area (TPSA) is 53.4 Å². The molecular formula is C8H11BBrNO2. The normalized spacial score (nSPS) is 10.2. The molecular weight excluding hydrogens is 233 g/mol. The molecule has 1 aromatic heterocycles. The minimum absolute atomic E-state index is 0.477. The van der Waals surface area contributed by atoms with Crippen molar-refractivity contribution in [2.45, 2.75) is 19.8 Å². The van der Waals surface area contributed by atoms with Crippen LogP contribution in [0, 0.1) is 0 Å². The first-order valence-corrected chi connectivity index (χ1v) is 4.95. The second kappa shape index (κ2) is 4.74. The van der Waals surface area contributed by atoms with Crippen LogP contribution in [0.1, 0.15) is 19.0 Å². The number of halogens is 1. The van der Waals surface area contributed by atoms with Crippen molar-refractivity contribution in [1.29, 1.82) is 0 Å². The Labute approximate surface area is 86.1 Å². The molecule has 0 amide bonds. The van der Waals surface area contributed by atoms with Crippen LogP contribution in [0.2, 0.25) is 0 Å². The SMILES string of the molecule is CCCc1cc(B(O)O)cc(Br)n1. The van der Waals surface area contributed by atoms with Crippen LogP contribution in [0.4, 0.5) is 0 Å². The summed E-state index contributed by atoms with van der Waals surface area (Å²) in [5.41, 5.74) is 1.35. The molecule has 13 heavy (non-hydrogen) atoms. The molecule has 0 unspecified atom stereocenters. The van der Waals surface area contributed by atoms with Gasteiger partial charge < -0.3 is 10.0 Å². The van der Waals surface area contributed by atoms with Crippen LogP contribution in [0.5, 0.6) is 0 Å². The summed E-state index contributed by atoms with van der Waals surface area (Å²) in [6, 6.07) is 3.31. The van der Waals surface area contributed by atoms with Crippen LogP contribution < -0.4 is 5.46 Å². The number of rotatable bonds is 3. The van der Waals surface area contributed by atoms with E-state index in [1.807, 2.05) is 0 Å². The van der Waals surface area contributed by atoms with Gasteiger partial charge in [0.25, 0.3) is 0 Å². The lowest BCUT2D eigenvalue weighted by molar-refractivity contribution is 0.425. The molecule has 0 saturated heterocycles. The smallest absolute Gasteiger partial charge is 0.423 e. The van der Waals surface area contributed by atoms with Crippen molar-refractivity contribution in [2.24, 2.45) is 0 Å². The van der Waals surface area contributed by atoms with E-state index in [4.69, 9.17) is 10.0 Å². The molecule has 1 heterocycles. The number of aromatic nitrogens is 1. The fourth-order valence-electron chi connectivity index (χ4n) is 1.11. The summed E-state index contributed by atoms with van der Waals surface area (Å²) in [6.45, 7) is 2.05. The number of pyridine rings is 1. The molecule has 0 spiro atoms. The minimum atomic E-state index is -1.42. The maximum Gasteiger partial charge on any atom is 0.488 e.